The van der Waals surface area contributed by atoms with E-state index in [1.54, 1.807) is 36.4 Å². The summed E-state index contributed by atoms with van der Waals surface area (Å²) in [6.07, 6.45) is 0. The number of nitrogens with zero attached hydrogens (tertiary/aromatic N) is 1. The van der Waals surface area contributed by atoms with Crippen LogP contribution in [0.15, 0.2) is 57.7 Å². The monoisotopic (exact) mass is 341 g/mol. The minimum Gasteiger partial charge on any atom is -0.497 e. The van der Waals surface area contributed by atoms with Crippen molar-refractivity contribution in [3.8, 4) is 5.75 Å². The lowest BCUT2D eigenvalue weighted by molar-refractivity contribution is 0.0752. The molecule has 0 spiro atoms. The highest BCUT2D eigenvalue weighted by Crippen LogP contribution is 2.20. The standard InChI is InChI=1S/C19H16FNO4/c1-21(11-12-5-3-4-6-15(12)20)19(23)18-10-16(22)14-8-7-13(24-2)9-17(14)25-18/h3-10H,11H2,1-2H3. The Hall–Kier alpha value is -3.15. The van der Waals surface area contributed by atoms with Crippen LogP contribution in [0, 0.1) is 5.82 Å². The first-order valence-electron chi connectivity index (χ1n) is 7.60. The predicted octanol–water partition coefficient (Wildman–Crippen LogP) is 3.21. The number of carbonyl (C=O) groups is 1. The molecule has 0 N–H and O–H groups in total. The summed E-state index contributed by atoms with van der Waals surface area (Å²) in [5.41, 5.74) is 0.309. The molecule has 5 nitrogen and oxygen atoms in total. The van der Waals surface area contributed by atoms with Crippen molar-refractivity contribution in [1.29, 1.82) is 0 Å². The van der Waals surface area contributed by atoms with Gasteiger partial charge in [-0.3, -0.25) is 9.59 Å². The van der Waals surface area contributed by atoms with E-state index in [0.717, 1.165) is 6.07 Å². The Morgan fingerprint density at radius 3 is 2.68 bits per heavy atom. The van der Waals surface area contributed by atoms with Crippen LogP contribution in [-0.4, -0.2) is 25.0 Å². The van der Waals surface area contributed by atoms with E-state index in [9.17, 15) is 14.0 Å². The number of benzene rings is 2. The molecular weight excluding hydrogens is 325 g/mol. The average Bonchev–Trinajstić information content (AvgIpc) is 2.62. The molecule has 0 aliphatic rings. The van der Waals surface area contributed by atoms with Gasteiger partial charge in [0, 0.05) is 31.3 Å². The van der Waals surface area contributed by atoms with Crippen LogP contribution in [0.1, 0.15) is 16.1 Å². The number of hydrogen-bond acceptors (Lipinski definition) is 4. The van der Waals surface area contributed by atoms with Gasteiger partial charge in [0.05, 0.1) is 12.5 Å². The second-order valence-electron chi connectivity index (χ2n) is 5.59. The molecule has 0 saturated carbocycles. The lowest BCUT2D eigenvalue weighted by atomic mass is 10.2. The Balaban J connectivity index is 1.93. The van der Waals surface area contributed by atoms with Crippen molar-refractivity contribution in [3.63, 3.8) is 0 Å². The highest BCUT2D eigenvalue weighted by atomic mass is 19.1. The summed E-state index contributed by atoms with van der Waals surface area (Å²) >= 11 is 0. The van der Waals surface area contributed by atoms with Crippen LogP contribution >= 0.6 is 0 Å². The maximum Gasteiger partial charge on any atom is 0.289 e. The van der Waals surface area contributed by atoms with Crippen LogP contribution in [0.4, 0.5) is 4.39 Å². The Morgan fingerprint density at radius 1 is 1.20 bits per heavy atom. The molecule has 1 aromatic heterocycles. The van der Waals surface area contributed by atoms with Gasteiger partial charge in [0.25, 0.3) is 5.91 Å². The van der Waals surface area contributed by atoms with Gasteiger partial charge in [-0.25, -0.2) is 4.39 Å². The summed E-state index contributed by atoms with van der Waals surface area (Å²) in [5.74, 6) is -0.499. The quantitative estimate of drug-likeness (QED) is 0.731. The first-order chi connectivity index (χ1) is 12.0. The predicted molar refractivity (Wildman–Crippen MR) is 91.2 cm³/mol. The van der Waals surface area contributed by atoms with Crippen molar-refractivity contribution in [2.24, 2.45) is 0 Å². The Bertz CT molecular complexity index is 996. The molecule has 0 aliphatic carbocycles. The second-order valence-corrected chi connectivity index (χ2v) is 5.59. The molecule has 1 amide bonds. The van der Waals surface area contributed by atoms with Crippen molar-refractivity contribution in [3.05, 3.63) is 75.9 Å². The van der Waals surface area contributed by atoms with Crippen LogP contribution in [0.3, 0.4) is 0 Å². The van der Waals surface area contributed by atoms with Gasteiger partial charge in [-0.05, 0) is 18.2 Å². The number of rotatable bonds is 4. The largest absolute Gasteiger partial charge is 0.497 e. The molecule has 0 bridgehead atoms. The second kappa shape index (κ2) is 6.76. The maximum atomic E-state index is 13.7. The smallest absolute Gasteiger partial charge is 0.289 e. The minimum absolute atomic E-state index is 0.0609. The molecule has 0 fully saturated rings. The third kappa shape index (κ3) is 3.38. The Kier molecular flexibility index (Phi) is 4.52. The van der Waals surface area contributed by atoms with Gasteiger partial charge < -0.3 is 14.1 Å². The van der Waals surface area contributed by atoms with Crippen LogP contribution in [0.2, 0.25) is 0 Å². The number of carbonyl (C=O) groups excluding carboxylic acids is 1. The SMILES string of the molecule is COc1ccc2c(=O)cc(C(=O)N(C)Cc3ccccc3F)oc2c1. The molecule has 3 rings (SSSR count). The molecule has 0 unspecified atom stereocenters. The van der Waals surface area contributed by atoms with E-state index in [1.807, 2.05) is 0 Å². The van der Waals surface area contributed by atoms with E-state index in [1.165, 1.54) is 25.1 Å². The summed E-state index contributed by atoms with van der Waals surface area (Å²) in [6, 6.07) is 12.1. The number of ether oxygens (including phenoxy) is 1. The normalized spacial score (nSPS) is 10.7. The lowest BCUT2D eigenvalue weighted by Crippen LogP contribution is -2.27. The van der Waals surface area contributed by atoms with E-state index < -0.39 is 11.7 Å². The first-order valence-corrected chi connectivity index (χ1v) is 7.60. The van der Waals surface area contributed by atoms with E-state index >= 15 is 0 Å². The highest BCUT2D eigenvalue weighted by molar-refractivity contribution is 5.93. The fraction of sp³-hybridized carbons (Fsp3) is 0.158. The molecule has 25 heavy (non-hydrogen) atoms. The number of halogens is 1. The van der Waals surface area contributed by atoms with Crippen molar-refractivity contribution in [2.75, 3.05) is 14.2 Å². The topological polar surface area (TPSA) is 59.8 Å². The maximum absolute atomic E-state index is 13.7. The zero-order chi connectivity index (χ0) is 18.0. The van der Waals surface area contributed by atoms with E-state index in [0.29, 0.717) is 16.7 Å². The minimum atomic E-state index is -0.509. The van der Waals surface area contributed by atoms with E-state index in [-0.39, 0.29) is 23.3 Å². The van der Waals surface area contributed by atoms with Gasteiger partial charge in [0.2, 0.25) is 0 Å². The molecule has 2 aromatic carbocycles. The van der Waals surface area contributed by atoms with Crippen molar-refractivity contribution in [2.45, 2.75) is 6.54 Å². The molecule has 0 atom stereocenters. The average molecular weight is 341 g/mol. The van der Waals surface area contributed by atoms with E-state index in [2.05, 4.69) is 0 Å². The van der Waals surface area contributed by atoms with Crippen LogP contribution in [0.25, 0.3) is 11.0 Å². The van der Waals surface area contributed by atoms with Gasteiger partial charge in [-0.15, -0.1) is 0 Å². The number of methoxy groups -OCH3 is 1. The summed E-state index contributed by atoms with van der Waals surface area (Å²) in [6.45, 7) is 0.0609. The number of hydrogen-bond donors (Lipinski definition) is 0. The molecule has 6 heteroatoms. The molecular formula is C19H16FNO4. The fourth-order valence-electron chi connectivity index (χ4n) is 2.51. The molecule has 0 radical (unpaired) electrons. The van der Waals surface area contributed by atoms with Gasteiger partial charge in [0.1, 0.15) is 17.1 Å². The lowest BCUT2D eigenvalue weighted by Gasteiger charge is -2.17. The molecule has 1 heterocycles. The summed E-state index contributed by atoms with van der Waals surface area (Å²) < 4.78 is 24.4. The van der Waals surface area contributed by atoms with E-state index in [4.69, 9.17) is 9.15 Å². The van der Waals surface area contributed by atoms with Crippen LogP contribution in [-0.2, 0) is 6.54 Å². The van der Waals surface area contributed by atoms with Crippen molar-refractivity contribution < 1.29 is 18.3 Å². The molecule has 128 valence electrons. The fourth-order valence-corrected chi connectivity index (χ4v) is 2.51. The third-order valence-corrected chi connectivity index (χ3v) is 3.86. The van der Waals surface area contributed by atoms with Gasteiger partial charge in [-0.2, -0.15) is 0 Å². The molecule has 0 aliphatic heterocycles. The summed E-state index contributed by atoms with van der Waals surface area (Å²) in [4.78, 5) is 26.1. The number of fused-ring (bicyclic) bond motifs is 1. The van der Waals surface area contributed by atoms with Crippen LogP contribution in [0.5, 0.6) is 5.75 Å². The van der Waals surface area contributed by atoms with Crippen molar-refractivity contribution in [1.82, 2.24) is 4.90 Å². The first kappa shape index (κ1) is 16.7. The molecule has 0 saturated heterocycles. The highest BCUT2D eigenvalue weighted by Gasteiger charge is 2.18. The van der Waals surface area contributed by atoms with Gasteiger partial charge in [0.15, 0.2) is 11.2 Å². The third-order valence-electron chi connectivity index (χ3n) is 3.86. The van der Waals surface area contributed by atoms with Crippen molar-refractivity contribution >= 4 is 16.9 Å². The zero-order valence-corrected chi connectivity index (χ0v) is 13.8. The van der Waals surface area contributed by atoms with Gasteiger partial charge in [-0.1, -0.05) is 18.2 Å². The zero-order valence-electron chi connectivity index (χ0n) is 13.8. The Labute approximate surface area is 143 Å². The summed E-state index contributed by atoms with van der Waals surface area (Å²) in [7, 11) is 3.01. The molecule has 3 aromatic rings. The van der Waals surface area contributed by atoms with Crippen LogP contribution < -0.4 is 10.2 Å². The number of amides is 1. The Morgan fingerprint density at radius 2 is 1.96 bits per heavy atom. The van der Waals surface area contributed by atoms with Gasteiger partial charge >= 0.3 is 0 Å². The summed E-state index contributed by atoms with van der Waals surface area (Å²) in [5, 5.41) is 0.356.